The number of thiocarbonyl (C=S) groups is 1. The summed E-state index contributed by atoms with van der Waals surface area (Å²) < 4.78 is 0. The van der Waals surface area contributed by atoms with Gasteiger partial charge >= 0.3 is 0 Å². The number of rotatable bonds is 3. The summed E-state index contributed by atoms with van der Waals surface area (Å²) in [6.45, 7) is 4.29. The molecule has 0 radical (unpaired) electrons. The van der Waals surface area contributed by atoms with Gasteiger partial charge in [-0.3, -0.25) is 0 Å². The molecule has 24 heavy (non-hydrogen) atoms. The lowest BCUT2D eigenvalue weighted by atomic mass is 9.81. The Bertz CT molecular complexity index is 611. The van der Waals surface area contributed by atoms with E-state index in [1.54, 1.807) is 0 Å². The molecule has 3 N–H and O–H groups in total. The molecule has 0 amide bonds. The zero-order valence-electron chi connectivity index (χ0n) is 14.9. The molecule has 3 fully saturated rings. The first kappa shape index (κ1) is 16.3. The summed E-state index contributed by atoms with van der Waals surface area (Å²) in [5.74, 6) is 0. The van der Waals surface area contributed by atoms with Crippen LogP contribution in [0, 0.1) is 13.8 Å². The molecule has 4 heteroatoms. The summed E-state index contributed by atoms with van der Waals surface area (Å²) >= 11 is 5.59. The van der Waals surface area contributed by atoms with E-state index in [1.165, 1.54) is 56.1 Å². The molecule has 130 valence electrons. The fraction of sp³-hybridized carbons (Fsp3) is 0.650. The van der Waals surface area contributed by atoms with Gasteiger partial charge in [0.05, 0.1) is 18.1 Å². The Morgan fingerprint density at radius 2 is 1.71 bits per heavy atom. The lowest BCUT2D eigenvalue weighted by molar-refractivity contribution is -0.971. The van der Waals surface area contributed by atoms with Crippen LogP contribution in [0.15, 0.2) is 18.2 Å². The first-order chi connectivity index (χ1) is 11.6. The molecule has 2 heterocycles. The quantitative estimate of drug-likeness (QED) is 0.737. The number of aryl methyl sites for hydroxylation is 2. The van der Waals surface area contributed by atoms with Crippen molar-refractivity contribution < 1.29 is 4.90 Å². The number of anilines is 1. The summed E-state index contributed by atoms with van der Waals surface area (Å²) in [6.07, 6.45) is 9.77. The van der Waals surface area contributed by atoms with E-state index >= 15 is 0 Å². The molecule has 4 atom stereocenters. The van der Waals surface area contributed by atoms with Crippen molar-refractivity contribution in [3.8, 4) is 0 Å². The zero-order valence-corrected chi connectivity index (χ0v) is 15.7. The highest BCUT2D eigenvalue weighted by Gasteiger charge is 2.48. The van der Waals surface area contributed by atoms with Crippen molar-refractivity contribution in [1.82, 2.24) is 5.32 Å². The maximum Gasteiger partial charge on any atom is 0.171 e. The summed E-state index contributed by atoms with van der Waals surface area (Å²) in [5.41, 5.74) is 3.72. The SMILES string of the molecule is Cc1ccc(NC(=S)NC2C[C@H]3CCC[C@@H](C2)[NH+]3C2CC2)cc1C. The van der Waals surface area contributed by atoms with Gasteiger partial charge in [0.1, 0.15) is 0 Å². The van der Waals surface area contributed by atoms with Crippen molar-refractivity contribution >= 4 is 23.0 Å². The van der Waals surface area contributed by atoms with Gasteiger partial charge in [-0.1, -0.05) is 6.07 Å². The molecule has 2 saturated heterocycles. The number of benzene rings is 1. The van der Waals surface area contributed by atoms with Gasteiger partial charge in [-0.25, -0.2) is 0 Å². The number of hydrogen-bond donors (Lipinski definition) is 3. The van der Waals surface area contributed by atoms with Crippen LogP contribution < -0.4 is 15.5 Å². The second kappa shape index (κ2) is 6.64. The first-order valence-corrected chi connectivity index (χ1v) is 10.0. The van der Waals surface area contributed by atoms with E-state index in [-0.39, 0.29) is 0 Å². The van der Waals surface area contributed by atoms with E-state index in [1.807, 2.05) is 4.90 Å². The van der Waals surface area contributed by atoms with Crippen LogP contribution in [0.2, 0.25) is 0 Å². The van der Waals surface area contributed by atoms with Crippen LogP contribution in [0.3, 0.4) is 0 Å². The predicted molar refractivity (Wildman–Crippen MR) is 104 cm³/mol. The highest BCUT2D eigenvalue weighted by Crippen LogP contribution is 2.27. The largest absolute Gasteiger partial charge is 0.359 e. The van der Waals surface area contributed by atoms with Gasteiger partial charge in [0, 0.05) is 37.4 Å². The molecule has 1 saturated carbocycles. The monoisotopic (exact) mass is 344 g/mol. The molecule has 3 nitrogen and oxygen atoms in total. The normalized spacial score (nSPS) is 32.2. The lowest BCUT2D eigenvalue weighted by Gasteiger charge is -2.46. The van der Waals surface area contributed by atoms with Crippen LogP contribution in [0.1, 0.15) is 56.1 Å². The van der Waals surface area contributed by atoms with Gasteiger partial charge in [-0.2, -0.15) is 0 Å². The summed E-state index contributed by atoms with van der Waals surface area (Å²) in [6, 6.07) is 9.72. The topological polar surface area (TPSA) is 28.5 Å². The summed E-state index contributed by atoms with van der Waals surface area (Å²) in [4.78, 5) is 1.95. The van der Waals surface area contributed by atoms with Crippen LogP contribution >= 0.6 is 12.2 Å². The highest BCUT2D eigenvalue weighted by molar-refractivity contribution is 7.80. The van der Waals surface area contributed by atoms with E-state index in [2.05, 4.69) is 42.7 Å². The number of piperidine rings is 2. The van der Waals surface area contributed by atoms with Gasteiger partial charge in [-0.05, 0) is 68.6 Å². The molecule has 1 aromatic rings. The van der Waals surface area contributed by atoms with Crippen molar-refractivity contribution in [1.29, 1.82) is 0 Å². The second-order valence-corrected chi connectivity index (χ2v) is 8.57. The van der Waals surface area contributed by atoms with Crippen molar-refractivity contribution in [3.05, 3.63) is 29.3 Å². The Morgan fingerprint density at radius 3 is 2.33 bits per heavy atom. The maximum atomic E-state index is 5.59. The van der Waals surface area contributed by atoms with E-state index in [0.29, 0.717) is 6.04 Å². The van der Waals surface area contributed by atoms with Gasteiger partial charge in [0.2, 0.25) is 0 Å². The summed E-state index contributed by atoms with van der Waals surface area (Å²) in [7, 11) is 0. The van der Waals surface area contributed by atoms with Crippen molar-refractivity contribution in [2.45, 2.75) is 83.0 Å². The molecule has 2 unspecified atom stereocenters. The number of fused-ring (bicyclic) bond motifs is 2. The lowest BCUT2D eigenvalue weighted by Crippen LogP contribution is -3.22. The molecule has 3 aliphatic rings. The van der Waals surface area contributed by atoms with E-state index in [4.69, 9.17) is 12.2 Å². The average molecular weight is 345 g/mol. The molecule has 1 aromatic carbocycles. The van der Waals surface area contributed by atoms with Crippen molar-refractivity contribution in [3.63, 3.8) is 0 Å². The van der Waals surface area contributed by atoms with Crippen molar-refractivity contribution in [2.75, 3.05) is 5.32 Å². The minimum Gasteiger partial charge on any atom is -0.359 e. The standard InChI is InChI=1S/C20H29N3S/c1-13-6-7-15(10-14(13)2)21-20(24)22-16-11-18-4-3-5-19(12-16)23(18)17-8-9-17/h6-7,10,16-19H,3-5,8-9,11-12H2,1-2H3,(H2,21,22,24)/p+1/t16?,18-,19+. The molecule has 4 rings (SSSR count). The third-order valence-corrected chi connectivity index (χ3v) is 6.55. The third kappa shape index (κ3) is 3.45. The summed E-state index contributed by atoms with van der Waals surface area (Å²) in [5, 5.41) is 7.79. The van der Waals surface area contributed by atoms with Crippen LogP contribution in [-0.4, -0.2) is 29.3 Å². The van der Waals surface area contributed by atoms with E-state index in [0.717, 1.165) is 28.9 Å². The van der Waals surface area contributed by atoms with Gasteiger partial charge < -0.3 is 15.5 Å². The van der Waals surface area contributed by atoms with Crippen LogP contribution in [0.25, 0.3) is 0 Å². The molecule has 2 bridgehead atoms. The third-order valence-electron chi connectivity index (χ3n) is 6.33. The maximum absolute atomic E-state index is 5.59. The first-order valence-electron chi connectivity index (χ1n) is 9.61. The van der Waals surface area contributed by atoms with E-state index in [9.17, 15) is 0 Å². The van der Waals surface area contributed by atoms with Gasteiger partial charge in [-0.15, -0.1) is 0 Å². The molecular formula is C20H30N3S+. The minimum absolute atomic E-state index is 0.550. The van der Waals surface area contributed by atoms with Gasteiger partial charge in [0.15, 0.2) is 5.11 Å². The van der Waals surface area contributed by atoms with Gasteiger partial charge in [0.25, 0.3) is 0 Å². The Balaban J connectivity index is 1.35. The Morgan fingerprint density at radius 1 is 1.00 bits per heavy atom. The van der Waals surface area contributed by atoms with Crippen LogP contribution in [0.4, 0.5) is 5.69 Å². The van der Waals surface area contributed by atoms with E-state index < -0.39 is 0 Å². The fourth-order valence-electron chi connectivity index (χ4n) is 4.94. The Kier molecular flexibility index (Phi) is 4.52. The molecule has 0 spiro atoms. The number of nitrogens with one attached hydrogen (secondary N) is 3. The van der Waals surface area contributed by atoms with Crippen LogP contribution in [0.5, 0.6) is 0 Å². The number of hydrogen-bond acceptors (Lipinski definition) is 1. The second-order valence-electron chi connectivity index (χ2n) is 8.16. The molecular weight excluding hydrogens is 314 g/mol. The smallest absolute Gasteiger partial charge is 0.171 e. The minimum atomic E-state index is 0.550. The molecule has 2 aliphatic heterocycles. The predicted octanol–water partition coefficient (Wildman–Crippen LogP) is 2.72. The van der Waals surface area contributed by atoms with Crippen molar-refractivity contribution in [2.24, 2.45) is 0 Å². The number of quaternary nitrogens is 1. The Labute approximate surface area is 151 Å². The zero-order chi connectivity index (χ0) is 16.7. The fourth-order valence-corrected chi connectivity index (χ4v) is 5.23. The average Bonchev–Trinajstić information content (AvgIpc) is 3.34. The van der Waals surface area contributed by atoms with Crippen LogP contribution in [-0.2, 0) is 0 Å². The molecule has 0 aromatic heterocycles. The highest BCUT2D eigenvalue weighted by atomic mass is 32.1. The Hall–Kier alpha value is -1.13. The molecule has 1 aliphatic carbocycles.